The van der Waals surface area contributed by atoms with Crippen molar-refractivity contribution in [3.8, 4) is 0 Å². The molecule has 0 amide bonds. The van der Waals surface area contributed by atoms with Crippen molar-refractivity contribution >= 4 is 0 Å². The maximum Gasteiger partial charge on any atom is 0.112 e. The molecule has 2 heteroatoms. The van der Waals surface area contributed by atoms with Crippen LogP contribution in [0.15, 0.2) is 73.1 Å². The van der Waals surface area contributed by atoms with Gasteiger partial charge in [0.25, 0.3) is 0 Å². The number of unbranched alkanes of at least 4 members (excludes halogenated alkanes) is 7. The third-order valence-electron chi connectivity index (χ3n) is 7.36. The molecule has 0 aliphatic rings. The third-order valence-corrected chi connectivity index (χ3v) is 7.36. The lowest BCUT2D eigenvalue weighted by molar-refractivity contribution is 0.323. The number of hydrogen-bond acceptors (Lipinski definition) is 1. The van der Waals surface area contributed by atoms with Crippen LogP contribution in [0.25, 0.3) is 0 Å². The first-order valence-corrected chi connectivity index (χ1v) is 13.3. The molecular formula is C31H44N2. The summed E-state index contributed by atoms with van der Waals surface area (Å²) < 4.78 is 2.36. The van der Waals surface area contributed by atoms with Gasteiger partial charge >= 0.3 is 0 Å². The summed E-state index contributed by atoms with van der Waals surface area (Å²) in [6.07, 6.45) is 17.2. The van der Waals surface area contributed by atoms with Gasteiger partial charge in [0.2, 0.25) is 0 Å². The first-order valence-electron chi connectivity index (χ1n) is 13.3. The number of nitrogens with zero attached hydrogens (tertiary/aromatic N) is 2. The fourth-order valence-corrected chi connectivity index (χ4v) is 5.38. The summed E-state index contributed by atoms with van der Waals surface area (Å²) in [4.78, 5) is 4.93. The van der Waals surface area contributed by atoms with E-state index in [0.717, 1.165) is 13.0 Å². The molecule has 0 spiro atoms. The second kappa shape index (κ2) is 13.4. The van der Waals surface area contributed by atoms with E-state index >= 15 is 0 Å². The lowest BCUT2D eigenvalue weighted by atomic mass is 9.66. The number of rotatable bonds is 15. The second-order valence-electron chi connectivity index (χ2n) is 9.83. The Hall–Kier alpha value is -2.35. The minimum Gasteiger partial charge on any atom is -0.335 e. The first kappa shape index (κ1) is 25.3. The summed E-state index contributed by atoms with van der Waals surface area (Å²) in [5, 5.41) is 0. The number of aryl methyl sites for hydroxylation is 1. The van der Waals surface area contributed by atoms with E-state index in [4.69, 9.17) is 4.98 Å². The van der Waals surface area contributed by atoms with Crippen LogP contribution in [0.2, 0.25) is 0 Å². The van der Waals surface area contributed by atoms with Gasteiger partial charge in [-0.3, -0.25) is 0 Å². The van der Waals surface area contributed by atoms with Crippen molar-refractivity contribution in [2.24, 2.45) is 0 Å². The standard InChI is InChI=1S/C31H44N2/c1-4-6-7-8-9-10-11-18-23-29(30-32-24-25-33(30)5-2)31(3,28-21-16-13-17-22-28)26-27-19-14-12-15-20-27/h12-17,19-22,24-25,29H,4-11,18,23,26H2,1-3H3. The normalized spacial score (nSPS) is 14.2. The number of hydrogen-bond donors (Lipinski definition) is 0. The average Bonchev–Trinajstić information content (AvgIpc) is 3.32. The average molecular weight is 445 g/mol. The summed E-state index contributed by atoms with van der Waals surface area (Å²) in [5.74, 6) is 1.64. The molecule has 2 aromatic carbocycles. The number of benzene rings is 2. The van der Waals surface area contributed by atoms with Gasteiger partial charge in [-0.1, -0.05) is 126 Å². The van der Waals surface area contributed by atoms with Gasteiger partial charge in [-0.2, -0.15) is 0 Å². The van der Waals surface area contributed by atoms with Crippen molar-refractivity contribution in [3.05, 3.63) is 90.0 Å². The van der Waals surface area contributed by atoms with Crippen molar-refractivity contribution in [1.29, 1.82) is 0 Å². The Bertz CT molecular complexity index is 899. The third kappa shape index (κ3) is 7.06. The molecule has 0 aliphatic carbocycles. The van der Waals surface area contributed by atoms with Crippen LogP contribution in [0.4, 0.5) is 0 Å². The molecule has 0 N–H and O–H groups in total. The Kier molecular flexibility index (Phi) is 10.2. The van der Waals surface area contributed by atoms with E-state index in [1.54, 1.807) is 0 Å². The van der Waals surface area contributed by atoms with Gasteiger partial charge in [-0.05, 0) is 30.9 Å². The molecule has 0 fully saturated rings. The van der Waals surface area contributed by atoms with Crippen molar-refractivity contribution in [1.82, 2.24) is 9.55 Å². The van der Waals surface area contributed by atoms with E-state index in [2.05, 4.69) is 92.2 Å². The van der Waals surface area contributed by atoms with Gasteiger partial charge in [0, 0.05) is 30.3 Å². The van der Waals surface area contributed by atoms with Crippen molar-refractivity contribution in [3.63, 3.8) is 0 Å². The summed E-state index contributed by atoms with van der Waals surface area (Å²) >= 11 is 0. The van der Waals surface area contributed by atoms with Crippen LogP contribution in [-0.4, -0.2) is 9.55 Å². The molecule has 0 aliphatic heterocycles. The van der Waals surface area contributed by atoms with Crippen LogP contribution in [-0.2, 0) is 18.4 Å². The maximum atomic E-state index is 4.93. The highest BCUT2D eigenvalue weighted by Gasteiger charge is 2.39. The maximum absolute atomic E-state index is 4.93. The Morgan fingerprint density at radius 3 is 2.03 bits per heavy atom. The van der Waals surface area contributed by atoms with E-state index in [0.29, 0.717) is 5.92 Å². The smallest absolute Gasteiger partial charge is 0.112 e. The molecule has 1 aromatic heterocycles. The molecule has 2 atom stereocenters. The van der Waals surface area contributed by atoms with Crippen molar-refractivity contribution in [2.45, 2.75) is 103 Å². The zero-order valence-electron chi connectivity index (χ0n) is 21.2. The second-order valence-corrected chi connectivity index (χ2v) is 9.83. The molecule has 3 aromatic rings. The molecule has 2 unspecified atom stereocenters. The van der Waals surface area contributed by atoms with Gasteiger partial charge in [0.15, 0.2) is 0 Å². The highest BCUT2D eigenvalue weighted by Crippen LogP contribution is 2.44. The SMILES string of the molecule is CCCCCCCCCCC(c1nccn1CC)C(C)(Cc1ccccc1)c1ccccc1. The molecule has 0 bridgehead atoms. The van der Waals surface area contributed by atoms with E-state index in [1.807, 2.05) is 6.20 Å². The van der Waals surface area contributed by atoms with Gasteiger partial charge < -0.3 is 4.57 Å². The van der Waals surface area contributed by atoms with Gasteiger partial charge in [-0.25, -0.2) is 4.98 Å². The van der Waals surface area contributed by atoms with Crippen molar-refractivity contribution in [2.75, 3.05) is 0 Å². The molecule has 3 rings (SSSR count). The Morgan fingerprint density at radius 2 is 1.39 bits per heavy atom. The molecule has 0 radical (unpaired) electrons. The molecule has 1 heterocycles. The topological polar surface area (TPSA) is 17.8 Å². The van der Waals surface area contributed by atoms with Crippen LogP contribution >= 0.6 is 0 Å². The zero-order valence-corrected chi connectivity index (χ0v) is 21.2. The number of imidazole rings is 1. The van der Waals surface area contributed by atoms with Gasteiger partial charge in [0.1, 0.15) is 5.82 Å². The summed E-state index contributed by atoms with van der Waals surface area (Å²) in [6, 6.07) is 22.2. The van der Waals surface area contributed by atoms with Crippen LogP contribution in [0, 0.1) is 0 Å². The summed E-state index contributed by atoms with van der Waals surface area (Å²) in [5.41, 5.74) is 2.81. The predicted octanol–water partition coefficient (Wildman–Crippen LogP) is 8.72. The molecule has 0 saturated heterocycles. The predicted molar refractivity (Wildman–Crippen MR) is 142 cm³/mol. The van der Waals surface area contributed by atoms with Crippen LogP contribution in [0.3, 0.4) is 0 Å². The van der Waals surface area contributed by atoms with E-state index in [9.17, 15) is 0 Å². The lowest BCUT2D eigenvalue weighted by Crippen LogP contribution is -2.35. The largest absolute Gasteiger partial charge is 0.335 e. The minimum absolute atomic E-state index is 0.0119. The van der Waals surface area contributed by atoms with Gasteiger partial charge in [-0.15, -0.1) is 0 Å². The monoisotopic (exact) mass is 444 g/mol. The first-order chi connectivity index (χ1) is 16.2. The molecular weight excluding hydrogens is 400 g/mol. The Labute approximate surface area is 202 Å². The van der Waals surface area contributed by atoms with Gasteiger partial charge in [0.05, 0.1) is 0 Å². The van der Waals surface area contributed by atoms with Crippen molar-refractivity contribution < 1.29 is 0 Å². The zero-order chi connectivity index (χ0) is 23.4. The Morgan fingerprint density at radius 1 is 0.788 bits per heavy atom. The highest BCUT2D eigenvalue weighted by atomic mass is 15.1. The fourth-order valence-electron chi connectivity index (χ4n) is 5.38. The van der Waals surface area contributed by atoms with E-state index in [1.165, 1.54) is 74.7 Å². The Balaban J connectivity index is 1.83. The fraction of sp³-hybridized carbons (Fsp3) is 0.516. The highest BCUT2D eigenvalue weighted by molar-refractivity contribution is 5.33. The molecule has 33 heavy (non-hydrogen) atoms. The van der Waals surface area contributed by atoms with Crippen LogP contribution in [0.1, 0.15) is 101 Å². The lowest BCUT2D eigenvalue weighted by Gasteiger charge is -2.39. The summed E-state index contributed by atoms with van der Waals surface area (Å²) in [6.45, 7) is 7.97. The molecule has 2 nitrogen and oxygen atoms in total. The quantitative estimate of drug-likeness (QED) is 0.214. The number of aromatic nitrogens is 2. The summed E-state index contributed by atoms with van der Waals surface area (Å²) in [7, 11) is 0. The minimum atomic E-state index is -0.0119. The van der Waals surface area contributed by atoms with Crippen LogP contribution in [0.5, 0.6) is 0 Å². The van der Waals surface area contributed by atoms with Crippen LogP contribution < -0.4 is 0 Å². The molecule has 178 valence electrons. The van der Waals surface area contributed by atoms with E-state index in [-0.39, 0.29) is 5.41 Å². The molecule has 0 saturated carbocycles. The van der Waals surface area contributed by atoms with E-state index < -0.39 is 0 Å².